The third-order valence-electron chi connectivity index (χ3n) is 4.12. The van der Waals surface area contributed by atoms with Crippen molar-refractivity contribution < 1.29 is 23.4 Å². The van der Waals surface area contributed by atoms with Gasteiger partial charge in [0.15, 0.2) is 0 Å². The molecule has 1 amide bonds. The summed E-state index contributed by atoms with van der Waals surface area (Å²) in [6, 6.07) is 4.54. The van der Waals surface area contributed by atoms with Crippen LogP contribution in [0.1, 0.15) is 25.8 Å². The number of ether oxygens (including phenoxy) is 3. The highest BCUT2D eigenvalue weighted by molar-refractivity contribution is 5.85. The number of amides is 1. The van der Waals surface area contributed by atoms with Crippen molar-refractivity contribution in [1.29, 1.82) is 0 Å². The monoisotopic (exact) mass is 390 g/mol. The molecule has 26 heavy (non-hydrogen) atoms. The van der Waals surface area contributed by atoms with Gasteiger partial charge in [0.2, 0.25) is 0 Å². The lowest BCUT2D eigenvalue weighted by Crippen LogP contribution is -2.53. The van der Waals surface area contributed by atoms with Crippen LogP contribution in [-0.2, 0) is 16.1 Å². The van der Waals surface area contributed by atoms with Gasteiger partial charge in [0.05, 0.1) is 6.61 Å². The van der Waals surface area contributed by atoms with Gasteiger partial charge in [-0.3, -0.25) is 0 Å². The number of halogens is 2. The zero-order chi connectivity index (χ0) is 18.1. The van der Waals surface area contributed by atoms with Crippen LogP contribution in [0.4, 0.5) is 9.18 Å². The van der Waals surface area contributed by atoms with Crippen molar-refractivity contribution in [2.24, 2.45) is 0 Å². The summed E-state index contributed by atoms with van der Waals surface area (Å²) in [6.07, 6.45) is 0.440. The minimum absolute atomic E-state index is 0. The number of carbonyl (C=O) groups excluding carboxylic acids is 1. The fourth-order valence-corrected chi connectivity index (χ4v) is 2.70. The molecule has 0 saturated carbocycles. The minimum Gasteiger partial charge on any atom is -0.491 e. The Labute approximate surface area is 160 Å². The second-order valence-electron chi connectivity index (χ2n) is 5.81. The van der Waals surface area contributed by atoms with E-state index in [4.69, 9.17) is 14.2 Å². The van der Waals surface area contributed by atoms with Gasteiger partial charge in [0, 0.05) is 37.8 Å². The first-order valence-corrected chi connectivity index (χ1v) is 8.78. The van der Waals surface area contributed by atoms with E-state index in [0.717, 1.165) is 19.5 Å². The number of nitrogens with one attached hydrogen (secondary N) is 1. The average molecular weight is 391 g/mol. The molecule has 1 aliphatic heterocycles. The summed E-state index contributed by atoms with van der Waals surface area (Å²) >= 11 is 0. The highest BCUT2D eigenvalue weighted by Crippen LogP contribution is 2.19. The largest absolute Gasteiger partial charge is 0.491 e. The van der Waals surface area contributed by atoms with E-state index in [9.17, 15) is 9.18 Å². The third-order valence-corrected chi connectivity index (χ3v) is 4.12. The molecule has 1 fully saturated rings. The van der Waals surface area contributed by atoms with Crippen molar-refractivity contribution in [1.82, 2.24) is 10.2 Å². The quantitative estimate of drug-likeness (QED) is 0.691. The standard InChI is InChI=1S/C18H27FN2O4.ClH/c1-3-15-12-20-7-8-21(15)18(22)25-13-14-11-16(5-6-17(14)19)24-10-9-23-4-2;/h5-6,11,15,20H,3-4,7-10,12-13H2,1-2H3;1H/t15-;/m1./s1. The normalized spacial score (nSPS) is 16.7. The molecule has 2 rings (SSSR count). The molecule has 0 aliphatic carbocycles. The number of rotatable bonds is 8. The summed E-state index contributed by atoms with van der Waals surface area (Å²) < 4.78 is 30.0. The van der Waals surface area contributed by atoms with Gasteiger partial charge in [-0.2, -0.15) is 0 Å². The van der Waals surface area contributed by atoms with Crippen LogP contribution < -0.4 is 10.1 Å². The number of benzene rings is 1. The van der Waals surface area contributed by atoms with Gasteiger partial charge in [0.25, 0.3) is 0 Å². The van der Waals surface area contributed by atoms with Crippen molar-refractivity contribution in [3.63, 3.8) is 0 Å². The number of hydrogen-bond acceptors (Lipinski definition) is 5. The predicted octanol–water partition coefficient (Wildman–Crippen LogP) is 2.98. The SMILES string of the molecule is CCOCCOc1ccc(F)c(COC(=O)N2CCNC[C@H]2CC)c1.Cl. The van der Waals surface area contributed by atoms with E-state index in [1.807, 2.05) is 13.8 Å². The molecule has 8 heteroatoms. The Balaban J connectivity index is 0.00000338. The number of carbonyl (C=O) groups is 1. The van der Waals surface area contributed by atoms with Gasteiger partial charge in [0.1, 0.15) is 24.8 Å². The van der Waals surface area contributed by atoms with Gasteiger partial charge in [-0.15, -0.1) is 12.4 Å². The summed E-state index contributed by atoms with van der Waals surface area (Å²) in [7, 11) is 0. The Kier molecular flexibility index (Phi) is 10.3. The van der Waals surface area contributed by atoms with Crippen LogP contribution in [0.5, 0.6) is 5.75 Å². The Morgan fingerprint density at radius 3 is 2.88 bits per heavy atom. The van der Waals surface area contributed by atoms with Crippen LogP contribution in [0.2, 0.25) is 0 Å². The van der Waals surface area contributed by atoms with Crippen molar-refractivity contribution in [3.8, 4) is 5.75 Å². The second-order valence-corrected chi connectivity index (χ2v) is 5.81. The summed E-state index contributed by atoms with van der Waals surface area (Å²) in [5, 5.41) is 3.25. The van der Waals surface area contributed by atoms with Crippen LogP contribution in [0.15, 0.2) is 18.2 Å². The molecule has 6 nitrogen and oxygen atoms in total. The van der Waals surface area contributed by atoms with Crippen molar-refractivity contribution in [2.45, 2.75) is 32.9 Å². The van der Waals surface area contributed by atoms with Crippen molar-refractivity contribution >= 4 is 18.5 Å². The van der Waals surface area contributed by atoms with E-state index in [2.05, 4.69) is 5.32 Å². The van der Waals surface area contributed by atoms with Gasteiger partial charge < -0.3 is 24.4 Å². The second kappa shape index (κ2) is 11.9. The molecule has 0 radical (unpaired) electrons. The lowest BCUT2D eigenvalue weighted by atomic mass is 10.1. The predicted molar refractivity (Wildman–Crippen MR) is 99.5 cm³/mol. The topological polar surface area (TPSA) is 60.0 Å². The first kappa shape index (κ1) is 22.5. The van der Waals surface area contributed by atoms with Crippen LogP contribution in [0.3, 0.4) is 0 Å². The summed E-state index contributed by atoms with van der Waals surface area (Å²) in [6.45, 7) is 7.39. The smallest absolute Gasteiger partial charge is 0.410 e. The Morgan fingerprint density at radius 2 is 2.15 bits per heavy atom. The molecule has 1 N–H and O–H groups in total. The molecular formula is C18H28ClFN2O4. The lowest BCUT2D eigenvalue weighted by molar-refractivity contribution is 0.0705. The van der Waals surface area contributed by atoms with Crippen molar-refractivity contribution in [3.05, 3.63) is 29.6 Å². The zero-order valence-corrected chi connectivity index (χ0v) is 16.1. The van der Waals surface area contributed by atoms with Crippen molar-refractivity contribution in [2.75, 3.05) is 39.5 Å². The fraction of sp³-hybridized carbons (Fsp3) is 0.611. The van der Waals surface area contributed by atoms with Crippen LogP contribution in [-0.4, -0.2) is 56.5 Å². The molecule has 0 bridgehead atoms. The third kappa shape index (κ3) is 6.63. The summed E-state index contributed by atoms with van der Waals surface area (Å²) in [5.74, 6) is 0.109. The Hall–Kier alpha value is -1.57. The van der Waals surface area contributed by atoms with Crippen LogP contribution >= 0.6 is 12.4 Å². The highest BCUT2D eigenvalue weighted by Gasteiger charge is 2.26. The van der Waals surface area contributed by atoms with Crippen LogP contribution in [0.25, 0.3) is 0 Å². The molecule has 1 heterocycles. The van der Waals surface area contributed by atoms with Crippen LogP contribution in [0, 0.1) is 5.82 Å². The lowest BCUT2D eigenvalue weighted by Gasteiger charge is -2.34. The molecule has 1 aromatic rings. The molecular weight excluding hydrogens is 363 g/mol. The molecule has 0 spiro atoms. The average Bonchev–Trinajstić information content (AvgIpc) is 2.65. The minimum atomic E-state index is -0.419. The number of hydrogen-bond donors (Lipinski definition) is 1. The highest BCUT2D eigenvalue weighted by atomic mass is 35.5. The van der Waals surface area contributed by atoms with Gasteiger partial charge in [-0.1, -0.05) is 6.92 Å². The number of piperazine rings is 1. The molecule has 1 atom stereocenters. The summed E-state index contributed by atoms with van der Waals surface area (Å²) in [5.41, 5.74) is 0.297. The van der Waals surface area contributed by atoms with E-state index in [1.165, 1.54) is 6.07 Å². The molecule has 1 saturated heterocycles. The fourth-order valence-electron chi connectivity index (χ4n) is 2.70. The first-order chi connectivity index (χ1) is 12.2. The molecule has 1 aliphatic rings. The number of nitrogens with zero attached hydrogens (tertiary/aromatic N) is 1. The molecule has 0 aromatic heterocycles. The van der Waals surface area contributed by atoms with E-state index >= 15 is 0 Å². The summed E-state index contributed by atoms with van der Waals surface area (Å²) in [4.78, 5) is 14.0. The van der Waals surface area contributed by atoms with Gasteiger partial charge >= 0.3 is 6.09 Å². The Morgan fingerprint density at radius 1 is 1.35 bits per heavy atom. The van der Waals surface area contributed by atoms with Gasteiger partial charge in [-0.05, 0) is 31.5 Å². The first-order valence-electron chi connectivity index (χ1n) is 8.78. The molecule has 0 unspecified atom stereocenters. The van der Waals surface area contributed by atoms with Gasteiger partial charge in [-0.25, -0.2) is 9.18 Å². The molecule has 1 aromatic carbocycles. The van der Waals surface area contributed by atoms with E-state index in [0.29, 0.717) is 37.7 Å². The van der Waals surface area contributed by atoms with E-state index < -0.39 is 11.9 Å². The Bertz CT molecular complexity index is 562. The van der Waals surface area contributed by atoms with E-state index in [1.54, 1.807) is 17.0 Å². The maximum atomic E-state index is 14.0. The maximum Gasteiger partial charge on any atom is 0.410 e. The van der Waals surface area contributed by atoms with E-state index in [-0.39, 0.29) is 25.1 Å². The molecule has 148 valence electrons. The zero-order valence-electron chi connectivity index (χ0n) is 15.3. The maximum absolute atomic E-state index is 14.0.